The number of rotatable bonds is 16. The van der Waals surface area contributed by atoms with E-state index in [1.165, 1.54) is 0 Å². The fraction of sp³-hybridized carbons (Fsp3) is 0.600. The molecule has 3 atom stereocenters. The fourth-order valence-corrected chi connectivity index (χ4v) is 5.40. The predicted octanol–water partition coefficient (Wildman–Crippen LogP) is 3.01. The summed E-state index contributed by atoms with van der Waals surface area (Å²) >= 11 is 0. The zero-order chi connectivity index (χ0) is 28.2. The first-order chi connectivity index (χ1) is 17.2. The molecule has 0 bridgehead atoms. The van der Waals surface area contributed by atoms with Gasteiger partial charge in [0.05, 0.1) is 12.2 Å². The number of hydrogen-bond acceptors (Lipinski definition) is 7. The number of hydrogen-bond donors (Lipinski definition) is 4. The summed E-state index contributed by atoms with van der Waals surface area (Å²) in [6.07, 6.45) is -0.350. The average molecular weight is 560 g/mol. The van der Waals surface area contributed by atoms with Crippen LogP contribution in [0.1, 0.15) is 53.0 Å². The molecular weight excluding hydrogens is 520 g/mol. The molecule has 1 aromatic carbocycles. The quantitative estimate of drug-likeness (QED) is 0.135. The van der Waals surface area contributed by atoms with Crippen LogP contribution in [-0.4, -0.2) is 68.8 Å². The summed E-state index contributed by atoms with van der Waals surface area (Å²) in [5, 5.41) is 31.9. The van der Waals surface area contributed by atoms with E-state index in [0.717, 1.165) is 21.6 Å². The molecule has 0 aromatic heterocycles. The van der Waals surface area contributed by atoms with Gasteiger partial charge in [0.1, 0.15) is 18.2 Å². The summed E-state index contributed by atoms with van der Waals surface area (Å²) in [5.41, 5.74) is 0.331. The number of carboxylic acids is 2. The first kappa shape index (κ1) is 32.6. The zero-order valence-electron chi connectivity index (χ0n) is 21.9. The van der Waals surface area contributed by atoms with Gasteiger partial charge >= 0.3 is 11.9 Å². The number of ether oxygens (including phenoxy) is 1. The molecule has 0 saturated carbocycles. The average Bonchev–Trinajstić information content (AvgIpc) is 2.76. The Bertz CT molecular complexity index is 920. The summed E-state index contributed by atoms with van der Waals surface area (Å²) in [5.74, 6) is -2.93. The SMILES string of the molecule is CC(C)C[C@H](OCc1ccccc1[OH2+])C(=O)N[C@@H](CSSC[C@H](NC(=O)CC(C)(C)C)C(=O)O)C(=O)O. The van der Waals surface area contributed by atoms with E-state index in [1.54, 1.807) is 24.3 Å². The maximum atomic E-state index is 12.9. The Morgan fingerprint density at radius 1 is 0.973 bits per heavy atom. The van der Waals surface area contributed by atoms with E-state index in [2.05, 4.69) is 10.6 Å². The maximum absolute atomic E-state index is 12.9. The van der Waals surface area contributed by atoms with Gasteiger partial charge in [-0.05, 0) is 23.8 Å². The lowest BCUT2D eigenvalue weighted by Gasteiger charge is -2.22. The van der Waals surface area contributed by atoms with E-state index in [1.807, 2.05) is 34.6 Å². The lowest BCUT2D eigenvalue weighted by molar-refractivity contribution is -0.144. The molecule has 0 radical (unpaired) electrons. The molecule has 12 heteroatoms. The summed E-state index contributed by atoms with van der Waals surface area (Å²) in [6, 6.07) is 4.52. The van der Waals surface area contributed by atoms with Crippen molar-refractivity contribution in [3.63, 3.8) is 0 Å². The van der Waals surface area contributed by atoms with Gasteiger partial charge in [0.25, 0.3) is 5.75 Å². The van der Waals surface area contributed by atoms with Crippen molar-refractivity contribution in [1.82, 2.24) is 10.6 Å². The molecule has 1 rings (SSSR count). The van der Waals surface area contributed by atoms with Gasteiger partial charge in [-0.25, -0.2) is 9.59 Å². The van der Waals surface area contributed by atoms with Crippen molar-refractivity contribution in [2.75, 3.05) is 11.5 Å². The molecule has 0 aliphatic carbocycles. The van der Waals surface area contributed by atoms with E-state index in [0.29, 0.717) is 12.0 Å². The van der Waals surface area contributed by atoms with Crippen LogP contribution in [0.15, 0.2) is 24.3 Å². The number of nitrogens with one attached hydrogen (secondary N) is 2. The molecule has 6 N–H and O–H groups in total. The predicted molar refractivity (Wildman–Crippen MR) is 146 cm³/mol. The number of amides is 2. The lowest BCUT2D eigenvalue weighted by Crippen LogP contribution is -2.47. The second kappa shape index (κ2) is 15.7. The molecule has 10 nitrogen and oxygen atoms in total. The Kier molecular flexibility index (Phi) is 13.9. The van der Waals surface area contributed by atoms with Gasteiger partial charge in [-0.15, -0.1) is 0 Å². The number of benzene rings is 1. The van der Waals surface area contributed by atoms with Gasteiger partial charge in [0.15, 0.2) is 0 Å². The molecule has 0 saturated heterocycles. The third kappa shape index (κ3) is 13.6. The van der Waals surface area contributed by atoms with Crippen LogP contribution in [0.2, 0.25) is 0 Å². The summed E-state index contributed by atoms with van der Waals surface area (Å²) in [4.78, 5) is 48.2. The molecule has 0 fully saturated rings. The summed E-state index contributed by atoms with van der Waals surface area (Å²) in [7, 11) is 2.20. The highest BCUT2D eigenvalue weighted by atomic mass is 33.1. The van der Waals surface area contributed by atoms with Crippen LogP contribution < -0.4 is 10.6 Å². The molecule has 1 aromatic rings. The van der Waals surface area contributed by atoms with Crippen molar-refractivity contribution in [2.45, 2.75) is 72.3 Å². The van der Waals surface area contributed by atoms with Crippen LogP contribution in [0.5, 0.6) is 5.75 Å². The van der Waals surface area contributed by atoms with Gasteiger partial charge in [0, 0.05) is 24.0 Å². The number of carbonyl (C=O) groups is 4. The van der Waals surface area contributed by atoms with Crippen LogP contribution in [0.25, 0.3) is 0 Å². The smallest absolute Gasteiger partial charge is 0.327 e. The van der Waals surface area contributed by atoms with Gasteiger partial charge in [0.2, 0.25) is 11.8 Å². The Labute approximate surface area is 225 Å². The lowest BCUT2D eigenvalue weighted by atomic mass is 9.92. The number of carbonyl (C=O) groups excluding carboxylic acids is 2. The van der Waals surface area contributed by atoms with Gasteiger partial charge in [-0.3, -0.25) is 9.59 Å². The van der Waals surface area contributed by atoms with Gasteiger partial charge in [-0.1, -0.05) is 68.3 Å². The molecule has 208 valence electrons. The maximum Gasteiger partial charge on any atom is 0.327 e. The van der Waals surface area contributed by atoms with Crippen LogP contribution in [0.3, 0.4) is 0 Å². The topological polar surface area (TPSA) is 165 Å². The van der Waals surface area contributed by atoms with Crippen molar-refractivity contribution in [3.05, 3.63) is 29.8 Å². The van der Waals surface area contributed by atoms with E-state index in [-0.39, 0.29) is 47.5 Å². The largest absolute Gasteiger partial charge is 0.593 e. The van der Waals surface area contributed by atoms with Crippen molar-refractivity contribution < 1.29 is 39.2 Å². The molecule has 2 amide bonds. The second-order valence-electron chi connectivity index (χ2n) is 10.3. The first-order valence-corrected chi connectivity index (χ1v) is 14.4. The Morgan fingerprint density at radius 3 is 2.00 bits per heavy atom. The van der Waals surface area contributed by atoms with Crippen molar-refractivity contribution >= 4 is 45.3 Å². The van der Waals surface area contributed by atoms with E-state index >= 15 is 0 Å². The minimum absolute atomic E-state index is 0.0159. The summed E-state index contributed by atoms with van der Waals surface area (Å²) in [6.45, 7) is 9.50. The fourth-order valence-electron chi connectivity index (χ4n) is 3.09. The Morgan fingerprint density at radius 2 is 1.51 bits per heavy atom. The molecule has 0 spiro atoms. The van der Waals surface area contributed by atoms with E-state index in [4.69, 9.17) is 9.84 Å². The second-order valence-corrected chi connectivity index (χ2v) is 12.8. The highest BCUT2D eigenvalue weighted by Gasteiger charge is 2.28. The van der Waals surface area contributed by atoms with Crippen molar-refractivity contribution in [2.24, 2.45) is 11.3 Å². The number of para-hydroxylation sites is 1. The third-order valence-electron chi connectivity index (χ3n) is 4.93. The highest BCUT2D eigenvalue weighted by molar-refractivity contribution is 8.76. The Hall–Kier alpha value is -2.44. The molecule has 0 aliphatic heterocycles. The molecule has 0 heterocycles. The van der Waals surface area contributed by atoms with Crippen LogP contribution in [-0.2, 0) is 30.5 Å². The monoisotopic (exact) mass is 559 g/mol. The molecule has 0 aliphatic rings. The molecular formula is C25H39N2O8S2+. The van der Waals surface area contributed by atoms with Crippen LogP contribution in [0, 0.1) is 11.3 Å². The number of aliphatic carboxylic acids is 2. The first-order valence-electron chi connectivity index (χ1n) is 11.9. The standard InChI is InChI=1S/C25H38N2O8S2/c1-15(2)10-20(35-12-16-8-6-7-9-19(16)28)22(30)27-18(24(33)34)14-37-36-13-17(23(31)32)26-21(29)11-25(3,4)5/h6-9,15,17-18,20,28H,10-14H2,1-5H3,(H,26,29)(H,27,30)(H,31,32)(H,33,34)/p+1/t17-,18-,20-/m0/s1. The normalized spacial score (nSPS) is 14.0. The summed E-state index contributed by atoms with van der Waals surface area (Å²) < 4.78 is 5.77. The molecule has 37 heavy (non-hydrogen) atoms. The minimum atomic E-state index is -1.23. The third-order valence-corrected chi connectivity index (χ3v) is 7.35. The van der Waals surface area contributed by atoms with Crippen LogP contribution >= 0.6 is 21.6 Å². The van der Waals surface area contributed by atoms with Crippen molar-refractivity contribution in [1.29, 1.82) is 0 Å². The van der Waals surface area contributed by atoms with Gasteiger partial charge in [-0.2, -0.15) is 0 Å². The van der Waals surface area contributed by atoms with E-state index < -0.39 is 36.0 Å². The van der Waals surface area contributed by atoms with Crippen LogP contribution in [0.4, 0.5) is 0 Å². The highest BCUT2D eigenvalue weighted by Crippen LogP contribution is 2.24. The van der Waals surface area contributed by atoms with Crippen molar-refractivity contribution in [3.8, 4) is 5.75 Å². The zero-order valence-corrected chi connectivity index (χ0v) is 23.5. The van der Waals surface area contributed by atoms with Gasteiger partial charge < -0.3 is 30.7 Å². The number of carboxylic acid groups (broad SMARTS) is 2. The molecule has 0 unspecified atom stereocenters. The Balaban J connectivity index is 2.66. The van der Waals surface area contributed by atoms with E-state index in [9.17, 15) is 29.4 Å². The minimum Gasteiger partial charge on any atom is -0.593 e.